The van der Waals surface area contributed by atoms with Crippen molar-refractivity contribution < 1.29 is 9.18 Å². The van der Waals surface area contributed by atoms with E-state index in [9.17, 15) is 9.18 Å². The van der Waals surface area contributed by atoms with Crippen LogP contribution in [0.4, 0.5) is 4.39 Å². The Hall–Kier alpha value is -2.51. The number of rotatable bonds is 7. The Balaban J connectivity index is 1.29. The molecule has 1 aliphatic rings. The number of halogens is 1. The number of hydrogen-bond acceptors (Lipinski definition) is 3. The third kappa shape index (κ3) is 6.80. The molecule has 3 rings (SSSR count). The molecule has 2 aromatic carbocycles. The molecule has 1 heterocycles. The highest BCUT2D eigenvalue weighted by atomic mass is 32.1. The van der Waals surface area contributed by atoms with Crippen molar-refractivity contribution in [2.24, 2.45) is 0 Å². The van der Waals surface area contributed by atoms with Crippen LogP contribution in [0.3, 0.4) is 0 Å². The van der Waals surface area contributed by atoms with E-state index in [0.29, 0.717) is 24.2 Å². The molecule has 0 aliphatic carbocycles. The lowest BCUT2D eigenvalue weighted by Crippen LogP contribution is -2.48. The third-order valence-corrected chi connectivity index (χ3v) is 5.25. The van der Waals surface area contributed by atoms with Gasteiger partial charge in [-0.05, 0) is 42.8 Å². The largest absolute Gasteiger partial charge is 0.361 e. The zero-order valence-electron chi connectivity index (χ0n) is 16.4. The number of piperidine rings is 1. The summed E-state index contributed by atoms with van der Waals surface area (Å²) in [6.45, 7) is 3.91. The smallest absolute Gasteiger partial charge is 0.254 e. The van der Waals surface area contributed by atoms with Crippen LogP contribution in [-0.2, 0) is 6.54 Å². The molecule has 154 valence electrons. The minimum atomic E-state index is -0.520. The summed E-state index contributed by atoms with van der Waals surface area (Å²) in [6, 6.07) is 16.8. The van der Waals surface area contributed by atoms with Gasteiger partial charge in [0.25, 0.3) is 5.91 Å². The van der Waals surface area contributed by atoms with Gasteiger partial charge in [0.1, 0.15) is 5.82 Å². The third-order valence-electron chi connectivity index (χ3n) is 4.99. The van der Waals surface area contributed by atoms with E-state index in [1.165, 1.54) is 17.7 Å². The van der Waals surface area contributed by atoms with Crippen molar-refractivity contribution in [3.8, 4) is 0 Å². The van der Waals surface area contributed by atoms with E-state index in [1.807, 2.05) is 6.07 Å². The van der Waals surface area contributed by atoms with Gasteiger partial charge in [-0.15, -0.1) is 0 Å². The highest BCUT2D eigenvalue weighted by Gasteiger charge is 2.19. The number of amides is 1. The minimum absolute atomic E-state index is 0.0514. The molecule has 0 bridgehead atoms. The average Bonchev–Trinajstić information content (AvgIpc) is 2.73. The van der Waals surface area contributed by atoms with Crippen LogP contribution < -0.4 is 16.0 Å². The molecule has 0 saturated carbocycles. The van der Waals surface area contributed by atoms with Crippen LogP contribution in [-0.4, -0.2) is 48.1 Å². The molecule has 5 nitrogen and oxygen atoms in total. The van der Waals surface area contributed by atoms with Gasteiger partial charge in [0.05, 0.1) is 5.56 Å². The molecule has 1 amide bonds. The monoisotopic (exact) mass is 414 g/mol. The number of carbonyl (C=O) groups is 1. The number of benzene rings is 2. The molecule has 1 saturated heterocycles. The molecule has 0 spiro atoms. The van der Waals surface area contributed by atoms with Crippen LogP contribution in [0.5, 0.6) is 0 Å². The van der Waals surface area contributed by atoms with Crippen LogP contribution in [0.1, 0.15) is 28.8 Å². The zero-order valence-corrected chi connectivity index (χ0v) is 17.2. The highest BCUT2D eigenvalue weighted by Crippen LogP contribution is 2.13. The van der Waals surface area contributed by atoms with Crippen molar-refractivity contribution in [3.05, 3.63) is 71.5 Å². The van der Waals surface area contributed by atoms with E-state index in [2.05, 4.69) is 45.1 Å². The molecular formula is C22H27FN4OS. The maximum absolute atomic E-state index is 13.6. The molecule has 1 fully saturated rings. The van der Waals surface area contributed by atoms with Gasteiger partial charge in [0.2, 0.25) is 0 Å². The Morgan fingerprint density at radius 3 is 2.38 bits per heavy atom. The van der Waals surface area contributed by atoms with E-state index in [-0.39, 0.29) is 5.56 Å². The molecule has 3 N–H and O–H groups in total. The topological polar surface area (TPSA) is 56.4 Å². The van der Waals surface area contributed by atoms with Crippen molar-refractivity contribution >= 4 is 23.2 Å². The van der Waals surface area contributed by atoms with Gasteiger partial charge in [0.15, 0.2) is 5.11 Å². The second-order valence-electron chi connectivity index (χ2n) is 7.17. The number of hydrogen-bond donors (Lipinski definition) is 3. The fourth-order valence-electron chi connectivity index (χ4n) is 3.41. The fraction of sp³-hybridized carbons (Fsp3) is 0.364. The number of nitrogens with zero attached hydrogens (tertiary/aromatic N) is 1. The fourth-order valence-corrected chi connectivity index (χ4v) is 3.67. The standard InChI is InChI=1S/C22H27FN4OS/c23-20-9-5-4-8-19(20)21(28)24-12-13-25-22(29)26-18-10-14-27(15-11-18)16-17-6-2-1-3-7-17/h1-9,18H,10-16H2,(H,24,28)(H2,25,26,29). The number of thiocarbonyl (C=S) groups is 1. The van der Waals surface area contributed by atoms with Gasteiger partial charge in [-0.2, -0.15) is 0 Å². The van der Waals surface area contributed by atoms with Crippen LogP contribution in [0.2, 0.25) is 0 Å². The van der Waals surface area contributed by atoms with E-state index in [1.54, 1.807) is 12.1 Å². The van der Waals surface area contributed by atoms with Crippen molar-refractivity contribution in [2.75, 3.05) is 26.2 Å². The molecule has 0 aromatic heterocycles. The number of likely N-dealkylation sites (tertiary alicyclic amines) is 1. The second kappa shape index (κ2) is 10.9. The Morgan fingerprint density at radius 1 is 1.00 bits per heavy atom. The van der Waals surface area contributed by atoms with E-state index < -0.39 is 11.7 Å². The molecule has 0 unspecified atom stereocenters. The van der Waals surface area contributed by atoms with Crippen LogP contribution in [0.25, 0.3) is 0 Å². The normalized spacial score (nSPS) is 14.9. The predicted molar refractivity (Wildman–Crippen MR) is 117 cm³/mol. The zero-order chi connectivity index (χ0) is 20.5. The first kappa shape index (κ1) is 21.2. The van der Waals surface area contributed by atoms with Gasteiger partial charge in [-0.1, -0.05) is 42.5 Å². The summed E-state index contributed by atoms with van der Waals surface area (Å²) in [5.41, 5.74) is 1.39. The quantitative estimate of drug-likeness (QED) is 0.480. The van der Waals surface area contributed by atoms with Crippen LogP contribution in [0, 0.1) is 5.82 Å². The molecule has 29 heavy (non-hydrogen) atoms. The van der Waals surface area contributed by atoms with E-state index in [0.717, 1.165) is 32.5 Å². The molecular weight excluding hydrogens is 387 g/mol. The first-order chi connectivity index (χ1) is 14.1. The predicted octanol–water partition coefficient (Wildman–Crippen LogP) is 2.68. The van der Waals surface area contributed by atoms with Crippen molar-refractivity contribution in [3.63, 3.8) is 0 Å². The Morgan fingerprint density at radius 2 is 1.66 bits per heavy atom. The highest BCUT2D eigenvalue weighted by molar-refractivity contribution is 7.80. The van der Waals surface area contributed by atoms with Gasteiger partial charge in [-0.25, -0.2) is 4.39 Å². The summed E-state index contributed by atoms with van der Waals surface area (Å²) in [7, 11) is 0. The van der Waals surface area contributed by atoms with Crippen molar-refractivity contribution in [2.45, 2.75) is 25.4 Å². The number of nitrogens with one attached hydrogen (secondary N) is 3. The number of carbonyl (C=O) groups excluding carboxylic acids is 1. The SMILES string of the molecule is O=C(NCCNC(=S)NC1CCN(Cc2ccccc2)CC1)c1ccccc1F. The Kier molecular flexibility index (Phi) is 7.95. The van der Waals surface area contributed by atoms with Gasteiger partial charge in [0, 0.05) is 38.8 Å². The lowest BCUT2D eigenvalue weighted by atomic mass is 10.0. The summed E-state index contributed by atoms with van der Waals surface area (Å²) >= 11 is 5.35. The first-order valence-electron chi connectivity index (χ1n) is 9.95. The summed E-state index contributed by atoms with van der Waals surface area (Å²) < 4.78 is 13.6. The molecule has 2 aromatic rings. The van der Waals surface area contributed by atoms with Crippen molar-refractivity contribution in [1.82, 2.24) is 20.9 Å². The first-order valence-corrected chi connectivity index (χ1v) is 10.4. The molecule has 1 aliphatic heterocycles. The lowest BCUT2D eigenvalue weighted by Gasteiger charge is -2.33. The van der Waals surface area contributed by atoms with E-state index >= 15 is 0 Å². The Bertz CT molecular complexity index is 809. The van der Waals surface area contributed by atoms with Gasteiger partial charge < -0.3 is 16.0 Å². The van der Waals surface area contributed by atoms with Crippen LogP contribution in [0.15, 0.2) is 54.6 Å². The minimum Gasteiger partial charge on any atom is -0.361 e. The maximum atomic E-state index is 13.6. The maximum Gasteiger partial charge on any atom is 0.254 e. The summed E-state index contributed by atoms with van der Waals surface area (Å²) in [4.78, 5) is 14.4. The summed E-state index contributed by atoms with van der Waals surface area (Å²) in [6.07, 6.45) is 2.08. The Labute approximate surface area is 176 Å². The van der Waals surface area contributed by atoms with E-state index in [4.69, 9.17) is 12.2 Å². The lowest BCUT2D eigenvalue weighted by molar-refractivity contribution is 0.0950. The van der Waals surface area contributed by atoms with Crippen LogP contribution >= 0.6 is 12.2 Å². The average molecular weight is 415 g/mol. The summed E-state index contributed by atoms with van der Waals surface area (Å²) in [5, 5.41) is 9.74. The van der Waals surface area contributed by atoms with Gasteiger partial charge >= 0.3 is 0 Å². The molecule has 7 heteroatoms. The van der Waals surface area contributed by atoms with Crippen molar-refractivity contribution in [1.29, 1.82) is 0 Å². The molecule has 0 atom stereocenters. The summed E-state index contributed by atoms with van der Waals surface area (Å²) in [5.74, 6) is -0.941. The van der Waals surface area contributed by atoms with Gasteiger partial charge in [-0.3, -0.25) is 9.69 Å². The molecule has 0 radical (unpaired) electrons. The second-order valence-corrected chi connectivity index (χ2v) is 7.58.